The van der Waals surface area contributed by atoms with Gasteiger partial charge in [0.25, 0.3) is 0 Å². The average molecular weight is 302 g/mol. The zero-order valence-corrected chi connectivity index (χ0v) is 10.8. The van der Waals surface area contributed by atoms with Crippen LogP contribution >= 0.6 is 15.9 Å². The molecule has 2 heterocycles. The minimum atomic E-state index is 0.554. The van der Waals surface area contributed by atoms with Crippen molar-refractivity contribution in [2.75, 3.05) is 0 Å². The van der Waals surface area contributed by atoms with Crippen molar-refractivity contribution >= 4 is 15.9 Å². The van der Waals surface area contributed by atoms with E-state index in [2.05, 4.69) is 30.9 Å². The highest BCUT2D eigenvalue weighted by atomic mass is 79.9. The minimum absolute atomic E-state index is 0.554. The van der Waals surface area contributed by atoms with Crippen molar-refractivity contribution in [3.63, 3.8) is 0 Å². The van der Waals surface area contributed by atoms with Crippen LogP contribution in [0.4, 0.5) is 0 Å². The molecular weight excluding hydrogens is 294 g/mol. The first-order chi connectivity index (χ1) is 8.83. The SMILES string of the molecule is Brc1cccc(-c2nc(-c3ncccn3)co2)c1. The predicted octanol–water partition coefficient (Wildman–Crippen LogP) is 3.56. The molecule has 0 unspecified atom stereocenters. The zero-order chi connectivity index (χ0) is 12.4. The van der Waals surface area contributed by atoms with E-state index < -0.39 is 0 Å². The van der Waals surface area contributed by atoms with E-state index in [9.17, 15) is 0 Å². The molecule has 3 aromatic rings. The molecule has 0 aliphatic carbocycles. The topological polar surface area (TPSA) is 51.8 Å². The van der Waals surface area contributed by atoms with Crippen molar-refractivity contribution in [2.24, 2.45) is 0 Å². The van der Waals surface area contributed by atoms with Gasteiger partial charge in [-0.25, -0.2) is 15.0 Å². The van der Waals surface area contributed by atoms with Crippen LogP contribution in [0.1, 0.15) is 0 Å². The molecule has 0 amide bonds. The Labute approximate surface area is 112 Å². The fraction of sp³-hybridized carbons (Fsp3) is 0. The van der Waals surface area contributed by atoms with E-state index >= 15 is 0 Å². The highest BCUT2D eigenvalue weighted by Crippen LogP contribution is 2.24. The Morgan fingerprint density at radius 2 is 1.89 bits per heavy atom. The van der Waals surface area contributed by atoms with Crippen LogP contribution in [0.15, 0.2) is 57.9 Å². The van der Waals surface area contributed by atoms with Crippen LogP contribution in [0.5, 0.6) is 0 Å². The molecule has 5 heteroatoms. The molecule has 0 aliphatic rings. The number of rotatable bonds is 2. The Morgan fingerprint density at radius 1 is 1.06 bits per heavy atom. The van der Waals surface area contributed by atoms with Gasteiger partial charge in [0.15, 0.2) is 5.82 Å². The monoisotopic (exact) mass is 301 g/mol. The van der Waals surface area contributed by atoms with Crippen LogP contribution in [0, 0.1) is 0 Å². The number of nitrogens with zero attached hydrogens (tertiary/aromatic N) is 3. The van der Waals surface area contributed by atoms with Gasteiger partial charge in [0, 0.05) is 22.4 Å². The lowest BCUT2D eigenvalue weighted by molar-refractivity contribution is 0.575. The fourth-order valence-electron chi connectivity index (χ4n) is 1.56. The molecule has 18 heavy (non-hydrogen) atoms. The molecule has 88 valence electrons. The maximum absolute atomic E-state index is 5.45. The van der Waals surface area contributed by atoms with E-state index in [1.165, 1.54) is 0 Å². The van der Waals surface area contributed by atoms with Crippen LogP contribution < -0.4 is 0 Å². The van der Waals surface area contributed by atoms with E-state index in [1.807, 2.05) is 24.3 Å². The number of hydrogen-bond acceptors (Lipinski definition) is 4. The highest BCUT2D eigenvalue weighted by molar-refractivity contribution is 9.10. The Balaban J connectivity index is 2.00. The molecule has 3 rings (SSSR count). The third kappa shape index (κ3) is 2.17. The van der Waals surface area contributed by atoms with Gasteiger partial charge in [-0.3, -0.25) is 0 Å². The molecule has 0 N–H and O–H groups in total. The summed E-state index contributed by atoms with van der Waals surface area (Å²) in [5, 5.41) is 0. The molecule has 0 bridgehead atoms. The van der Waals surface area contributed by atoms with Gasteiger partial charge in [-0.1, -0.05) is 22.0 Å². The third-order valence-electron chi connectivity index (χ3n) is 2.37. The highest BCUT2D eigenvalue weighted by Gasteiger charge is 2.09. The number of aromatic nitrogens is 3. The number of halogens is 1. The molecule has 4 nitrogen and oxygen atoms in total. The van der Waals surface area contributed by atoms with Crippen LogP contribution in [-0.2, 0) is 0 Å². The normalized spacial score (nSPS) is 10.5. The zero-order valence-electron chi connectivity index (χ0n) is 9.25. The molecule has 0 atom stereocenters. The largest absolute Gasteiger partial charge is 0.444 e. The Morgan fingerprint density at radius 3 is 2.67 bits per heavy atom. The summed E-state index contributed by atoms with van der Waals surface area (Å²) >= 11 is 3.42. The molecular formula is C13H8BrN3O. The van der Waals surface area contributed by atoms with Gasteiger partial charge in [-0.2, -0.15) is 0 Å². The van der Waals surface area contributed by atoms with Crippen LogP contribution in [0.25, 0.3) is 23.0 Å². The molecule has 1 aromatic carbocycles. The minimum Gasteiger partial charge on any atom is -0.444 e. The number of hydrogen-bond donors (Lipinski definition) is 0. The van der Waals surface area contributed by atoms with E-state index in [-0.39, 0.29) is 0 Å². The lowest BCUT2D eigenvalue weighted by Crippen LogP contribution is -1.86. The summed E-state index contributed by atoms with van der Waals surface area (Å²) in [6.45, 7) is 0. The summed E-state index contributed by atoms with van der Waals surface area (Å²) in [5.74, 6) is 1.11. The summed E-state index contributed by atoms with van der Waals surface area (Å²) in [7, 11) is 0. The fourth-order valence-corrected chi connectivity index (χ4v) is 1.96. The lowest BCUT2D eigenvalue weighted by atomic mass is 10.2. The standard InChI is InChI=1S/C13H8BrN3O/c14-10-4-1-3-9(7-10)13-17-11(8-18-13)12-15-5-2-6-16-12/h1-8H. The second kappa shape index (κ2) is 4.70. The molecule has 0 radical (unpaired) electrons. The van der Waals surface area contributed by atoms with Crippen molar-refractivity contribution in [1.82, 2.24) is 15.0 Å². The summed E-state index contributed by atoms with van der Waals surface area (Å²) in [6.07, 6.45) is 4.91. The Hall–Kier alpha value is -2.01. The van der Waals surface area contributed by atoms with Crippen molar-refractivity contribution < 1.29 is 4.42 Å². The maximum atomic E-state index is 5.45. The quantitative estimate of drug-likeness (QED) is 0.726. The summed E-state index contributed by atoms with van der Waals surface area (Å²) in [6, 6.07) is 9.53. The Kier molecular flexibility index (Phi) is 2.90. The van der Waals surface area contributed by atoms with Crippen molar-refractivity contribution in [2.45, 2.75) is 0 Å². The van der Waals surface area contributed by atoms with Gasteiger partial charge in [0.1, 0.15) is 12.0 Å². The number of oxazole rings is 1. The van der Waals surface area contributed by atoms with Crippen LogP contribution in [0.3, 0.4) is 0 Å². The van der Waals surface area contributed by atoms with Gasteiger partial charge < -0.3 is 4.42 Å². The maximum Gasteiger partial charge on any atom is 0.226 e. The molecule has 0 saturated carbocycles. The van der Waals surface area contributed by atoms with E-state index in [4.69, 9.17) is 4.42 Å². The average Bonchev–Trinajstić information content (AvgIpc) is 2.89. The Bertz CT molecular complexity index is 667. The van der Waals surface area contributed by atoms with E-state index in [0.29, 0.717) is 17.4 Å². The van der Waals surface area contributed by atoms with Gasteiger partial charge >= 0.3 is 0 Å². The van der Waals surface area contributed by atoms with Gasteiger partial charge in [0.2, 0.25) is 5.89 Å². The number of benzene rings is 1. The smallest absolute Gasteiger partial charge is 0.226 e. The third-order valence-corrected chi connectivity index (χ3v) is 2.86. The van der Waals surface area contributed by atoms with Gasteiger partial charge in [-0.15, -0.1) is 0 Å². The van der Waals surface area contributed by atoms with Crippen LogP contribution in [-0.4, -0.2) is 15.0 Å². The lowest BCUT2D eigenvalue weighted by Gasteiger charge is -1.95. The molecule has 0 saturated heterocycles. The van der Waals surface area contributed by atoms with Crippen LogP contribution in [0.2, 0.25) is 0 Å². The molecule has 0 fully saturated rings. The molecule has 2 aromatic heterocycles. The van der Waals surface area contributed by atoms with Gasteiger partial charge in [0.05, 0.1) is 0 Å². The summed E-state index contributed by atoms with van der Waals surface area (Å²) in [4.78, 5) is 12.6. The summed E-state index contributed by atoms with van der Waals surface area (Å²) in [5.41, 5.74) is 1.54. The van der Waals surface area contributed by atoms with Crippen molar-refractivity contribution in [3.05, 3.63) is 53.5 Å². The molecule has 0 aliphatic heterocycles. The van der Waals surface area contributed by atoms with E-state index in [1.54, 1.807) is 24.7 Å². The first-order valence-corrected chi connectivity index (χ1v) is 6.11. The molecule has 0 spiro atoms. The van der Waals surface area contributed by atoms with E-state index in [0.717, 1.165) is 10.0 Å². The second-order valence-corrected chi connectivity index (χ2v) is 4.54. The van der Waals surface area contributed by atoms with Crippen molar-refractivity contribution in [1.29, 1.82) is 0 Å². The first-order valence-electron chi connectivity index (χ1n) is 5.32. The summed E-state index contributed by atoms with van der Waals surface area (Å²) < 4.78 is 6.43. The van der Waals surface area contributed by atoms with Crippen molar-refractivity contribution in [3.8, 4) is 23.0 Å². The van der Waals surface area contributed by atoms with Gasteiger partial charge in [-0.05, 0) is 24.3 Å². The predicted molar refractivity (Wildman–Crippen MR) is 70.7 cm³/mol. The second-order valence-electron chi connectivity index (χ2n) is 3.62. The first kappa shape index (κ1) is 11.1.